The largest absolute Gasteiger partial charge is 0.461 e. The standard InChI is InChI=1S/C17H16ClN7O2/c18-15-12(9-20-25(15)10-3-6-26-7-4-10)22-17-14-11(8-19-24-14)21-16(23-17)13-2-1-5-27-13/h1-2,5,8-10H,3-4,6-7H2,(H,19,24)(H,21,22,23). The minimum Gasteiger partial charge on any atom is -0.461 e. The number of rotatable bonds is 4. The van der Waals surface area contributed by atoms with E-state index in [4.69, 9.17) is 20.8 Å². The summed E-state index contributed by atoms with van der Waals surface area (Å²) in [6.45, 7) is 1.44. The van der Waals surface area contributed by atoms with Gasteiger partial charge in [-0.1, -0.05) is 11.6 Å². The van der Waals surface area contributed by atoms with Crippen LogP contribution in [0.5, 0.6) is 0 Å². The molecule has 0 radical (unpaired) electrons. The van der Waals surface area contributed by atoms with E-state index in [0.29, 0.717) is 39.3 Å². The fourth-order valence-corrected chi connectivity index (χ4v) is 3.47. The molecule has 1 aliphatic rings. The number of ether oxygens (including phenoxy) is 1. The van der Waals surface area contributed by atoms with Crippen molar-refractivity contribution in [1.29, 1.82) is 0 Å². The fourth-order valence-electron chi connectivity index (χ4n) is 3.19. The molecule has 0 bridgehead atoms. The van der Waals surface area contributed by atoms with E-state index in [0.717, 1.165) is 26.1 Å². The van der Waals surface area contributed by atoms with Crippen molar-refractivity contribution in [3.05, 3.63) is 35.9 Å². The SMILES string of the molecule is Clc1c(Nc2nc(-c3ccco3)nc3cn[nH]c23)cnn1C1CCOCC1. The highest BCUT2D eigenvalue weighted by atomic mass is 35.5. The van der Waals surface area contributed by atoms with Crippen LogP contribution in [0.4, 0.5) is 11.5 Å². The Morgan fingerprint density at radius 1 is 1.22 bits per heavy atom. The molecule has 0 spiro atoms. The first kappa shape index (κ1) is 16.3. The van der Waals surface area contributed by atoms with E-state index in [-0.39, 0.29) is 6.04 Å². The summed E-state index contributed by atoms with van der Waals surface area (Å²) < 4.78 is 12.7. The lowest BCUT2D eigenvalue weighted by Gasteiger charge is -2.23. The van der Waals surface area contributed by atoms with Crippen molar-refractivity contribution in [2.75, 3.05) is 18.5 Å². The molecule has 0 atom stereocenters. The summed E-state index contributed by atoms with van der Waals surface area (Å²) in [5, 5.41) is 15.2. The molecule has 1 fully saturated rings. The normalized spacial score (nSPS) is 15.4. The van der Waals surface area contributed by atoms with Gasteiger partial charge < -0.3 is 14.5 Å². The maximum Gasteiger partial charge on any atom is 0.198 e. The second kappa shape index (κ2) is 6.67. The van der Waals surface area contributed by atoms with Gasteiger partial charge in [0.15, 0.2) is 22.6 Å². The van der Waals surface area contributed by atoms with Gasteiger partial charge in [0, 0.05) is 13.2 Å². The van der Waals surface area contributed by atoms with E-state index in [1.54, 1.807) is 30.8 Å². The Morgan fingerprint density at radius 2 is 2.11 bits per heavy atom. The lowest BCUT2D eigenvalue weighted by Crippen LogP contribution is -2.20. The number of furan rings is 1. The zero-order valence-corrected chi connectivity index (χ0v) is 15.0. The predicted octanol–water partition coefficient (Wildman–Crippen LogP) is 3.56. The minimum atomic E-state index is 0.234. The first-order valence-electron chi connectivity index (χ1n) is 8.62. The summed E-state index contributed by atoms with van der Waals surface area (Å²) in [5.74, 6) is 1.59. The summed E-state index contributed by atoms with van der Waals surface area (Å²) in [6.07, 6.45) is 6.71. The summed E-state index contributed by atoms with van der Waals surface area (Å²) in [6, 6.07) is 3.83. The van der Waals surface area contributed by atoms with Crippen LogP contribution in [0.2, 0.25) is 5.15 Å². The lowest BCUT2D eigenvalue weighted by atomic mass is 10.1. The Morgan fingerprint density at radius 3 is 2.93 bits per heavy atom. The number of aromatic amines is 1. The van der Waals surface area contributed by atoms with E-state index < -0.39 is 0 Å². The average molecular weight is 386 g/mol. The summed E-state index contributed by atoms with van der Waals surface area (Å²) >= 11 is 6.58. The van der Waals surface area contributed by atoms with Crippen LogP contribution in [0.3, 0.4) is 0 Å². The molecule has 0 unspecified atom stereocenters. The first-order valence-corrected chi connectivity index (χ1v) is 9.00. The minimum absolute atomic E-state index is 0.234. The second-order valence-electron chi connectivity index (χ2n) is 6.27. The van der Waals surface area contributed by atoms with E-state index in [1.807, 2.05) is 4.68 Å². The number of nitrogens with zero attached hydrogens (tertiary/aromatic N) is 5. The number of hydrogen-bond donors (Lipinski definition) is 2. The van der Waals surface area contributed by atoms with Crippen molar-refractivity contribution in [3.8, 4) is 11.6 Å². The van der Waals surface area contributed by atoms with E-state index in [9.17, 15) is 0 Å². The van der Waals surface area contributed by atoms with Gasteiger partial charge >= 0.3 is 0 Å². The molecule has 0 amide bonds. The summed E-state index contributed by atoms with van der Waals surface area (Å²) in [7, 11) is 0. The topological polar surface area (TPSA) is 107 Å². The monoisotopic (exact) mass is 385 g/mol. The highest BCUT2D eigenvalue weighted by molar-refractivity contribution is 6.32. The lowest BCUT2D eigenvalue weighted by molar-refractivity contribution is 0.0663. The average Bonchev–Trinajstić information content (AvgIpc) is 3.44. The van der Waals surface area contributed by atoms with Crippen molar-refractivity contribution in [2.45, 2.75) is 18.9 Å². The molecule has 138 valence electrons. The smallest absolute Gasteiger partial charge is 0.198 e. The molecule has 5 heterocycles. The zero-order chi connectivity index (χ0) is 18.2. The molecule has 4 aromatic rings. The van der Waals surface area contributed by atoms with Crippen LogP contribution in [0.15, 0.2) is 35.2 Å². The molecular formula is C17H16ClN7O2. The zero-order valence-electron chi connectivity index (χ0n) is 14.2. The number of aromatic nitrogens is 6. The van der Waals surface area contributed by atoms with Crippen LogP contribution >= 0.6 is 11.6 Å². The van der Waals surface area contributed by atoms with Crippen molar-refractivity contribution in [3.63, 3.8) is 0 Å². The van der Waals surface area contributed by atoms with Gasteiger partial charge in [0.25, 0.3) is 0 Å². The van der Waals surface area contributed by atoms with Gasteiger partial charge in [-0.3, -0.25) is 5.10 Å². The van der Waals surface area contributed by atoms with Crippen LogP contribution in [-0.4, -0.2) is 43.2 Å². The van der Waals surface area contributed by atoms with Crippen molar-refractivity contribution < 1.29 is 9.15 Å². The van der Waals surface area contributed by atoms with Crippen molar-refractivity contribution >= 4 is 34.1 Å². The number of anilines is 2. The first-order chi connectivity index (χ1) is 13.3. The summed E-state index contributed by atoms with van der Waals surface area (Å²) in [5.41, 5.74) is 2.02. The third-order valence-electron chi connectivity index (χ3n) is 4.57. The highest BCUT2D eigenvalue weighted by Gasteiger charge is 2.21. The van der Waals surface area contributed by atoms with Crippen LogP contribution in [0, 0.1) is 0 Å². The van der Waals surface area contributed by atoms with Gasteiger partial charge in [-0.2, -0.15) is 10.2 Å². The van der Waals surface area contributed by atoms with E-state index in [1.165, 1.54) is 0 Å². The molecule has 0 saturated carbocycles. The molecule has 0 aliphatic carbocycles. The van der Waals surface area contributed by atoms with E-state index >= 15 is 0 Å². The molecule has 5 rings (SSSR count). The van der Waals surface area contributed by atoms with Crippen LogP contribution < -0.4 is 5.32 Å². The fraction of sp³-hybridized carbons (Fsp3) is 0.294. The van der Waals surface area contributed by atoms with E-state index in [2.05, 4.69) is 30.6 Å². The van der Waals surface area contributed by atoms with Gasteiger partial charge in [0.2, 0.25) is 0 Å². The van der Waals surface area contributed by atoms with Gasteiger partial charge in [-0.15, -0.1) is 0 Å². The molecular weight excluding hydrogens is 370 g/mol. The van der Waals surface area contributed by atoms with Crippen LogP contribution in [0.1, 0.15) is 18.9 Å². The molecule has 2 N–H and O–H groups in total. The number of nitrogens with one attached hydrogen (secondary N) is 2. The number of H-pyrrole nitrogens is 1. The molecule has 27 heavy (non-hydrogen) atoms. The Labute approximate surface area is 158 Å². The Kier molecular flexibility index (Phi) is 4.02. The predicted molar refractivity (Wildman–Crippen MR) is 99.0 cm³/mol. The quantitative estimate of drug-likeness (QED) is 0.553. The van der Waals surface area contributed by atoms with Gasteiger partial charge in [-0.05, 0) is 25.0 Å². The van der Waals surface area contributed by atoms with Crippen LogP contribution in [0.25, 0.3) is 22.6 Å². The molecule has 0 aromatic carbocycles. The molecule has 10 heteroatoms. The third-order valence-corrected chi connectivity index (χ3v) is 4.94. The van der Waals surface area contributed by atoms with Crippen molar-refractivity contribution in [2.24, 2.45) is 0 Å². The Bertz CT molecular complexity index is 1070. The molecule has 1 aliphatic heterocycles. The highest BCUT2D eigenvalue weighted by Crippen LogP contribution is 2.32. The molecule has 1 saturated heterocycles. The maximum atomic E-state index is 6.58. The van der Waals surface area contributed by atoms with Gasteiger partial charge in [0.1, 0.15) is 11.0 Å². The molecule has 4 aromatic heterocycles. The van der Waals surface area contributed by atoms with Crippen molar-refractivity contribution in [1.82, 2.24) is 29.9 Å². The number of fused-ring (bicyclic) bond motifs is 1. The third kappa shape index (κ3) is 2.94. The van der Waals surface area contributed by atoms with Gasteiger partial charge in [-0.25, -0.2) is 14.6 Å². The number of halogens is 1. The molecule has 9 nitrogen and oxygen atoms in total. The maximum absolute atomic E-state index is 6.58. The van der Waals surface area contributed by atoms with Gasteiger partial charge in [0.05, 0.1) is 30.4 Å². The summed E-state index contributed by atoms with van der Waals surface area (Å²) in [4.78, 5) is 9.05. The van der Waals surface area contributed by atoms with Crippen LogP contribution in [-0.2, 0) is 4.74 Å². The number of hydrogen-bond acceptors (Lipinski definition) is 7. The Hall–Kier alpha value is -2.91. The second-order valence-corrected chi connectivity index (χ2v) is 6.62. The Balaban J connectivity index is 1.51.